The van der Waals surface area contributed by atoms with Crippen molar-refractivity contribution in [2.45, 2.75) is 41.9 Å². The molecular weight excluding hydrogens is 555 g/mol. The van der Waals surface area contributed by atoms with Crippen molar-refractivity contribution in [1.29, 1.82) is 5.26 Å². The monoisotopic (exact) mass is 585 g/mol. The highest BCUT2D eigenvalue weighted by molar-refractivity contribution is 7.99. The average molecular weight is 586 g/mol. The Labute approximate surface area is 263 Å². The van der Waals surface area contributed by atoms with Gasteiger partial charge in [-0.1, -0.05) is 111 Å². The average Bonchev–Trinajstić information content (AvgIpc) is 3.10. The topological polar surface area (TPSA) is 49.6 Å². The summed E-state index contributed by atoms with van der Waals surface area (Å²) in [6.45, 7) is 4.62. The first-order valence-electron chi connectivity index (χ1n) is 15.1. The van der Waals surface area contributed by atoms with E-state index in [1.807, 2.05) is 54.2 Å². The molecule has 0 saturated carbocycles. The van der Waals surface area contributed by atoms with Crippen LogP contribution in [0.3, 0.4) is 0 Å². The predicted molar refractivity (Wildman–Crippen MR) is 180 cm³/mol. The molecule has 0 spiro atoms. The molecule has 0 radical (unpaired) electrons. The second-order valence-corrected chi connectivity index (χ2v) is 12.3. The second kappa shape index (κ2) is 11.6. The molecule has 4 heteroatoms. The quantitative estimate of drug-likeness (QED) is 0.195. The van der Waals surface area contributed by atoms with Gasteiger partial charge in [0.1, 0.15) is 0 Å². The van der Waals surface area contributed by atoms with Gasteiger partial charge in [-0.3, -0.25) is 0 Å². The molecule has 0 aliphatic carbocycles. The van der Waals surface area contributed by atoms with Gasteiger partial charge in [-0.25, -0.2) is 9.97 Å². The van der Waals surface area contributed by atoms with Gasteiger partial charge in [0.05, 0.1) is 23.0 Å². The summed E-state index contributed by atoms with van der Waals surface area (Å²) in [5.41, 5.74) is 10.4. The van der Waals surface area contributed by atoms with Crippen LogP contribution in [0.15, 0.2) is 137 Å². The lowest BCUT2D eigenvalue weighted by Gasteiger charge is -2.39. The molecule has 0 N–H and O–H groups in total. The summed E-state index contributed by atoms with van der Waals surface area (Å²) in [5, 5.41) is 9.23. The molecule has 1 aliphatic heterocycles. The van der Waals surface area contributed by atoms with Gasteiger partial charge in [0.2, 0.25) is 0 Å². The Morgan fingerprint density at radius 2 is 1.18 bits per heavy atom. The summed E-state index contributed by atoms with van der Waals surface area (Å²) in [4.78, 5) is 12.9. The van der Waals surface area contributed by atoms with Crippen LogP contribution in [-0.4, -0.2) is 9.97 Å². The van der Waals surface area contributed by atoms with Crippen LogP contribution in [0.5, 0.6) is 0 Å². The standard InChI is InChI=1S/C40H31N3S/c1-3-40(4-2)33-15-8-9-16-37(33)44-38-22-21-32(24-34(38)40)36-25-35(42-39(43-36)29-11-6-5-7-12-29)31-14-10-13-30(23-31)28-19-17-27(26-41)18-20-28/h5-25H,3-4H2,1-2H3. The second-order valence-electron chi connectivity index (χ2n) is 11.2. The highest BCUT2D eigenvalue weighted by Crippen LogP contribution is 2.53. The smallest absolute Gasteiger partial charge is 0.160 e. The molecule has 44 heavy (non-hydrogen) atoms. The van der Waals surface area contributed by atoms with Crippen molar-refractivity contribution in [3.63, 3.8) is 0 Å². The van der Waals surface area contributed by atoms with Crippen LogP contribution in [0.4, 0.5) is 0 Å². The predicted octanol–water partition coefficient (Wildman–Crippen LogP) is 10.6. The maximum Gasteiger partial charge on any atom is 0.160 e. The number of fused-ring (bicyclic) bond motifs is 2. The Bertz CT molecular complexity index is 2020. The largest absolute Gasteiger partial charge is 0.228 e. The molecule has 2 heterocycles. The van der Waals surface area contributed by atoms with Crippen molar-refractivity contribution in [2.24, 2.45) is 0 Å². The van der Waals surface area contributed by atoms with Crippen LogP contribution in [0, 0.1) is 11.3 Å². The molecule has 0 amide bonds. The molecule has 5 aromatic carbocycles. The van der Waals surface area contributed by atoms with E-state index >= 15 is 0 Å². The highest BCUT2D eigenvalue weighted by Gasteiger charge is 2.38. The van der Waals surface area contributed by atoms with Crippen molar-refractivity contribution in [3.8, 4) is 51.1 Å². The van der Waals surface area contributed by atoms with Crippen LogP contribution >= 0.6 is 11.8 Å². The van der Waals surface area contributed by atoms with Crippen molar-refractivity contribution < 1.29 is 0 Å². The summed E-state index contributed by atoms with van der Waals surface area (Å²) < 4.78 is 0. The minimum Gasteiger partial charge on any atom is -0.228 e. The molecule has 0 atom stereocenters. The first-order chi connectivity index (χ1) is 21.6. The van der Waals surface area contributed by atoms with E-state index in [2.05, 4.69) is 105 Å². The van der Waals surface area contributed by atoms with Gasteiger partial charge in [-0.05, 0) is 77.6 Å². The zero-order chi connectivity index (χ0) is 30.1. The molecule has 0 unspecified atom stereocenters. The number of aromatic nitrogens is 2. The number of nitriles is 1. The lowest BCUT2D eigenvalue weighted by molar-refractivity contribution is 0.459. The van der Waals surface area contributed by atoms with E-state index in [4.69, 9.17) is 9.97 Å². The SMILES string of the molecule is CCC1(CC)c2ccccc2Sc2ccc(-c3cc(-c4cccc(-c5ccc(C#N)cc5)c4)nc(-c4ccccc4)n3)cc21. The fraction of sp³-hybridized carbons (Fsp3) is 0.125. The van der Waals surface area contributed by atoms with Crippen LogP contribution in [0.2, 0.25) is 0 Å². The Hall–Kier alpha value is -4.98. The zero-order valence-electron chi connectivity index (χ0n) is 24.8. The Kier molecular flexibility index (Phi) is 7.34. The number of rotatable bonds is 6. The number of nitrogens with zero attached hydrogens (tertiary/aromatic N) is 3. The summed E-state index contributed by atoms with van der Waals surface area (Å²) >= 11 is 1.87. The molecular formula is C40H31N3S. The summed E-state index contributed by atoms with van der Waals surface area (Å²) in [5.74, 6) is 0.705. The van der Waals surface area contributed by atoms with E-state index in [1.54, 1.807) is 0 Å². The van der Waals surface area contributed by atoms with E-state index in [0.29, 0.717) is 11.4 Å². The van der Waals surface area contributed by atoms with Crippen molar-refractivity contribution >= 4 is 11.8 Å². The summed E-state index contributed by atoms with van der Waals surface area (Å²) in [7, 11) is 0. The minimum absolute atomic E-state index is 0.0409. The zero-order valence-corrected chi connectivity index (χ0v) is 25.6. The van der Waals surface area contributed by atoms with Crippen LogP contribution in [0.1, 0.15) is 43.4 Å². The van der Waals surface area contributed by atoms with E-state index in [-0.39, 0.29) is 5.41 Å². The lowest BCUT2D eigenvalue weighted by atomic mass is 9.70. The fourth-order valence-electron chi connectivity index (χ4n) is 6.43. The summed E-state index contributed by atoms with van der Waals surface area (Å²) in [6.07, 6.45) is 2.06. The van der Waals surface area contributed by atoms with Crippen molar-refractivity contribution in [2.75, 3.05) is 0 Å². The normalized spacial score (nSPS) is 13.0. The third-order valence-electron chi connectivity index (χ3n) is 8.88. The highest BCUT2D eigenvalue weighted by atomic mass is 32.2. The lowest BCUT2D eigenvalue weighted by Crippen LogP contribution is -2.29. The van der Waals surface area contributed by atoms with Crippen LogP contribution < -0.4 is 0 Å². The van der Waals surface area contributed by atoms with E-state index < -0.39 is 0 Å². The number of benzene rings is 5. The molecule has 0 saturated heterocycles. The third kappa shape index (κ3) is 4.90. The van der Waals surface area contributed by atoms with Gasteiger partial charge in [0.15, 0.2) is 5.82 Å². The molecule has 3 nitrogen and oxygen atoms in total. The van der Waals surface area contributed by atoms with E-state index in [0.717, 1.165) is 52.0 Å². The van der Waals surface area contributed by atoms with Crippen LogP contribution in [-0.2, 0) is 5.41 Å². The Balaban J connectivity index is 1.38. The Morgan fingerprint density at radius 1 is 0.568 bits per heavy atom. The fourth-order valence-corrected chi connectivity index (χ4v) is 7.69. The molecule has 1 aliphatic rings. The van der Waals surface area contributed by atoms with Crippen molar-refractivity contribution in [3.05, 3.63) is 144 Å². The Morgan fingerprint density at radius 3 is 1.91 bits per heavy atom. The third-order valence-corrected chi connectivity index (χ3v) is 10.0. The van der Waals surface area contributed by atoms with Crippen LogP contribution in [0.25, 0.3) is 45.0 Å². The molecule has 6 aromatic rings. The maximum absolute atomic E-state index is 9.23. The van der Waals surface area contributed by atoms with E-state index in [9.17, 15) is 5.26 Å². The van der Waals surface area contributed by atoms with Gasteiger partial charge < -0.3 is 0 Å². The minimum atomic E-state index is -0.0409. The molecule has 7 rings (SSSR count). The molecule has 1 aromatic heterocycles. The first kappa shape index (κ1) is 27.8. The summed E-state index contributed by atoms with van der Waals surface area (Å²) in [6, 6.07) is 46.4. The number of hydrogen-bond donors (Lipinski definition) is 0. The number of hydrogen-bond acceptors (Lipinski definition) is 4. The maximum atomic E-state index is 9.23. The van der Waals surface area contributed by atoms with Gasteiger partial charge >= 0.3 is 0 Å². The van der Waals surface area contributed by atoms with Gasteiger partial charge in [0, 0.05) is 31.9 Å². The van der Waals surface area contributed by atoms with E-state index in [1.165, 1.54) is 20.9 Å². The molecule has 0 bridgehead atoms. The van der Waals surface area contributed by atoms with Gasteiger partial charge in [-0.2, -0.15) is 5.26 Å². The molecule has 212 valence electrons. The first-order valence-corrected chi connectivity index (χ1v) is 15.9. The van der Waals surface area contributed by atoms with Crippen molar-refractivity contribution in [1.82, 2.24) is 9.97 Å². The van der Waals surface area contributed by atoms with Gasteiger partial charge in [-0.15, -0.1) is 0 Å². The van der Waals surface area contributed by atoms with Gasteiger partial charge in [0.25, 0.3) is 0 Å². The molecule has 0 fully saturated rings.